The topological polar surface area (TPSA) is 28.4 Å². The van der Waals surface area contributed by atoms with Crippen molar-refractivity contribution in [2.24, 2.45) is 5.92 Å². The zero-order chi connectivity index (χ0) is 13.7. The van der Waals surface area contributed by atoms with Gasteiger partial charge in [-0.15, -0.1) is 0 Å². The predicted octanol–water partition coefficient (Wildman–Crippen LogP) is 3.18. The molecule has 1 aliphatic rings. The number of nitrogens with zero attached hydrogens (tertiary/aromatic N) is 1. The molecule has 0 amide bonds. The number of hydrogen-bond donors (Lipinski definition) is 1. The quantitative estimate of drug-likeness (QED) is 0.798. The average molecular weight is 262 g/mol. The molecule has 0 aromatic carbocycles. The summed E-state index contributed by atoms with van der Waals surface area (Å²) >= 11 is 0. The number of hydrogen-bond acceptors (Lipinski definition) is 3. The van der Waals surface area contributed by atoms with E-state index in [1.165, 1.54) is 17.6 Å². The van der Waals surface area contributed by atoms with Gasteiger partial charge in [0.15, 0.2) is 0 Å². The van der Waals surface area contributed by atoms with Crippen LogP contribution in [0.25, 0.3) is 0 Å². The van der Waals surface area contributed by atoms with Crippen LogP contribution in [-0.2, 0) is 13.1 Å². The molecule has 1 aromatic rings. The highest BCUT2D eigenvalue weighted by Crippen LogP contribution is 2.17. The van der Waals surface area contributed by atoms with E-state index in [1.54, 1.807) is 0 Å². The Morgan fingerprint density at radius 2 is 2.26 bits per heavy atom. The third kappa shape index (κ3) is 4.51. The van der Waals surface area contributed by atoms with E-state index in [1.807, 2.05) is 6.26 Å². The van der Waals surface area contributed by atoms with Gasteiger partial charge < -0.3 is 9.73 Å². The molecule has 0 unspecified atom stereocenters. The Balaban J connectivity index is 1.87. The van der Waals surface area contributed by atoms with Crippen LogP contribution in [0.1, 0.15) is 38.5 Å². The lowest BCUT2D eigenvalue weighted by Crippen LogP contribution is -2.29. The van der Waals surface area contributed by atoms with E-state index >= 15 is 0 Å². The van der Waals surface area contributed by atoms with Gasteiger partial charge in [-0.1, -0.05) is 25.5 Å². The van der Waals surface area contributed by atoms with Gasteiger partial charge in [-0.05, 0) is 31.9 Å². The van der Waals surface area contributed by atoms with Gasteiger partial charge in [0.05, 0.1) is 12.8 Å². The molecular weight excluding hydrogens is 236 g/mol. The van der Waals surface area contributed by atoms with Gasteiger partial charge in [0.2, 0.25) is 0 Å². The van der Waals surface area contributed by atoms with Crippen molar-refractivity contribution in [3.8, 4) is 0 Å². The summed E-state index contributed by atoms with van der Waals surface area (Å²) in [5.74, 6) is 1.76. The van der Waals surface area contributed by atoms with Gasteiger partial charge in [-0.3, -0.25) is 4.90 Å². The van der Waals surface area contributed by atoms with E-state index in [0.29, 0.717) is 5.92 Å². The second-order valence-corrected chi connectivity index (χ2v) is 5.94. The summed E-state index contributed by atoms with van der Waals surface area (Å²) in [4.78, 5) is 2.49. The fourth-order valence-electron chi connectivity index (χ4n) is 2.50. The molecule has 0 fully saturated rings. The summed E-state index contributed by atoms with van der Waals surface area (Å²) in [5, 5.41) is 3.45. The molecule has 0 radical (unpaired) electrons. The standard InChI is InChI=1S/C16H26N2O/c1-13(2)9-17-10-16-15(6-8-19-16)12-18-7-4-5-14(3)11-18/h5-6,8,13,17H,4,7,9-12H2,1-3H3. The van der Waals surface area contributed by atoms with E-state index in [9.17, 15) is 0 Å². The van der Waals surface area contributed by atoms with Crippen LogP contribution in [0.3, 0.4) is 0 Å². The van der Waals surface area contributed by atoms with Crippen LogP contribution >= 0.6 is 0 Å². The molecule has 0 saturated carbocycles. The molecule has 0 aliphatic carbocycles. The number of furan rings is 1. The molecule has 106 valence electrons. The predicted molar refractivity (Wildman–Crippen MR) is 78.9 cm³/mol. The first kappa shape index (κ1) is 14.4. The molecule has 1 aliphatic heterocycles. The fourth-order valence-corrected chi connectivity index (χ4v) is 2.50. The largest absolute Gasteiger partial charge is 0.468 e. The van der Waals surface area contributed by atoms with E-state index in [-0.39, 0.29) is 0 Å². The summed E-state index contributed by atoms with van der Waals surface area (Å²) in [5.41, 5.74) is 2.81. The Hall–Kier alpha value is -1.06. The molecule has 1 aromatic heterocycles. The maximum atomic E-state index is 5.61. The van der Waals surface area contributed by atoms with E-state index in [2.05, 4.69) is 43.1 Å². The summed E-state index contributed by atoms with van der Waals surface area (Å²) in [6, 6.07) is 2.11. The molecule has 0 atom stereocenters. The normalized spacial score (nSPS) is 16.9. The third-order valence-corrected chi connectivity index (χ3v) is 3.48. The van der Waals surface area contributed by atoms with E-state index < -0.39 is 0 Å². The lowest BCUT2D eigenvalue weighted by molar-refractivity contribution is 0.279. The maximum Gasteiger partial charge on any atom is 0.122 e. The first-order valence-electron chi connectivity index (χ1n) is 7.29. The monoisotopic (exact) mass is 262 g/mol. The van der Waals surface area contributed by atoms with Crippen molar-refractivity contribution >= 4 is 0 Å². The molecule has 0 spiro atoms. The minimum atomic E-state index is 0.674. The van der Waals surface area contributed by atoms with Gasteiger partial charge in [-0.2, -0.15) is 0 Å². The fraction of sp³-hybridized carbons (Fsp3) is 0.625. The molecule has 1 N–H and O–H groups in total. The summed E-state index contributed by atoms with van der Waals surface area (Å²) < 4.78 is 5.61. The van der Waals surface area contributed by atoms with E-state index in [0.717, 1.165) is 38.5 Å². The first-order chi connectivity index (χ1) is 9.15. The molecule has 3 nitrogen and oxygen atoms in total. The molecular formula is C16H26N2O. The number of rotatable bonds is 6. The maximum absolute atomic E-state index is 5.61. The van der Waals surface area contributed by atoms with Crippen LogP contribution in [0, 0.1) is 5.92 Å². The van der Waals surface area contributed by atoms with Crippen molar-refractivity contribution in [2.45, 2.75) is 40.3 Å². The van der Waals surface area contributed by atoms with Crippen LogP contribution in [0.2, 0.25) is 0 Å². The van der Waals surface area contributed by atoms with Crippen LogP contribution in [0.15, 0.2) is 28.4 Å². The molecule has 0 bridgehead atoms. The average Bonchev–Trinajstić information content (AvgIpc) is 2.76. The SMILES string of the molecule is CC1=CCCN(Cc2ccoc2CNCC(C)C)C1. The van der Waals surface area contributed by atoms with Crippen LogP contribution in [0.4, 0.5) is 0 Å². The van der Waals surface area contributed by atoms with Crippen LogP contribution in [-0.4, -0.2) is 24.5 Å². The van der Waals surface area contributed by atoms with Crippen molar-refractivity contribution in [3.05, 3.63) is 35.3 Å². The highest BCUT2D eigenvalue weighted by atomic mass is 16.3. The second kappa shape index (κ2) is 6.92. The summed E-state index contributed by atoms with van der Waals surface area (Å²) in [6.07, 6.45) is 5.33. The lowest BCUT2D eigenvalue weighted by atomic mass is 10.1. The minimum Gasteiger partial charge on any atom is -0.468 e. The Kier molecular flexibility index (Phi) is 5.23. The van der Waals surface area contributed by atoms with Crippen molar-refractivity contribution in [1.29, 1.82) is 0 Å². The van der Waals surface area contributed by atoms with Gasteiger partial charge in [0, 0.05) is 25.2 Å². The molecule has 2 heterocycles. The van der Waals surface area contributed by atoms with Crippen molar-refractivity contribution in [2.75, 3.05) is 19.6 Å². The molecule has 3 heteroatoms. The summed E-state index contributed by atoms with van der Waals surface area (Å²) in [7, 11) is 0. The van der Waals surface area contributed by atoms with Crippen molar-refractivity contribution < 1.29 is 4.42 Å². The lowest BCUT2D eigenvalue weighted by Gasteiger charge is -2.25. The Morgan fingerprint density at radius 1 is 1.42 bits per heavy atom. The van der Waals surface area contributed by atoms with Crippen molar-refractivity contribution in [3.63, 3.8) is 0 Å². The highest BCUT2D eigenvalue weighted by molar-refractivity contribution is 5.18. The molecule has 2 rings (SSSR count). The highest BCUT2D eigenvalue weighted by Gasteiger charge is 2.14. The van der Waals surface area contributed by atoms with Crippen LogP contribution in [0.5, 0.6) is 0 Å². The van der Waals surface area contributed by atoms with Gasteiger partial charge in [-0.25, -0.2) is 0 Å². The smallest absolute Gasteiger partial charge is 0.122 e. The first-order valence-corrected chi connectivity index (χ1v) is 7.29. The van der Waals surface area contributed by atoms with Crippen LogP contribution < -0.4 is 5.32 Å². The number of nitrogens with one attached hydrogen (secondary N) is 1. The minimum absolute atomic E-state index is 0.674. The van der Waals surface area contributed by atoms with Gasteiger partial charge in [0.1, 0.15) is 5.76 Å². The Labute approximate surface area is 116 Å². The second-order valence-electron chi connectivity index (χ2n) is 5.94. The molecule has 19 heavy (non-hydrogen) atoms. The Bertz CT molecular complexity index is 420. The third-order valence-electron chi connectivity index (χ3n) is 3.48. The van der Waals surface area contributed by atoms with Gasteiger partial charge >= 0.3 is 0 Å². The zero-order valence-electron chi connectivity index (χ0n) is 12.4. The Morgan fingerprint density at radius 3 is 3.00 bits per heavy atom. The van der Waals surface area contributed by atoms with Gasteiger partial charge in [0.25, 0.3) is 0 Å². The van der Waals surface area contributed by atoms with Crippen molar-refractivity contribution in [1.82, 2.24) is 10.2 Å². The summed E-state index contributed by atoms with van der Waals surface area (Å²) in [6.45, 7) is 11.8. The molecule has 0 saturated heterocycles. The zero-order valence-corrected chi connectivity index (χ0v) is 12.4. The van der Waals surface area contributed by atoms with E-state index in [4.69, 9.17) is 4.42 Å².